The number of carbonyl (C=O) groups excluding carboxylic acids is 1. The van der Waals surface area contributed by atoms with Gasteiger partial charge in [0.15, 0.2) is 10.7 Å². The van der Waals surface area contributed by atoms with Crippen LogP contribution < -0.4 is 0 Å². The van der Waals surface area contributed by atoms with Gasteiger partial charge in [0.05, 0.1) is 0 Å². The molecule has 0 amide bonds. The Hall–Kier alpha value is -0.540. The first kappa shape index (κ1) is 13.9. The summed E-state index contributed by atoms with van der Waals surface area (Å²) in [6, 6.07) is 0. The number of hydrogen-bond acceptors (Lipinski definition) is 3. The number of allylic oxidation sites excluding steroid dienone is 1. The number of Topliss-reactive ketones (excluding diaryl/α,β-unsaturated/α-hetero) is 1. The summed E-state index contributed by atoms with van der Waals surface area (Å²) < 4.78 is 0. The van der Waals surface area contributed by atoms with Crippen LogP contribution >= 0.6 is 12.6 Å². The van der Waals surface area contributed by atoms with E-state index >= 15 is 0 Å². The van der Waals surface area contributed by atoms with Crippen LogP contribution in [0.5, 0.6) is 0 Å². The first-order chi connectivity index (χ1) is 8.39. The Morgan fingerprint density at radius 3 is 2.61 bits per heavy atom. The zero-order valence-corrected chi connectivity index (χ0v) is 11.9. The third-order valence-electron chi connectivity index (χ3n) is 4.63. The van der Waals surface area contributed by atoms with Gasteiger partial charge in [-0.3, -0.25) is 4.79 Å². The quantitative estimate of drug-likeness (QED) is 0.455. The zero-order valence-electron chi connectivity index (χ0n) is 11.0. The van der Waals surface area contributed by atoms with E-state index in [9.17, 15) is 9.90 Å². The van der Waals surface area contributed by atoms with Crippen LogP contribution in [0.2, 0.25) is 0 Å². The average molecular weight is 266 g/mol. The van der Waals surface area contributed by atoms with Crippen molar-refractivity contribution in [1.29, 1.82) is 0 Å². The molecule has 0 radical (unpaired) electrons. The van der Waals surface area contributed by atoms with Crippen molar-refractivity contribution >= 4 is 18.4 Å². The monoisotopic (exact) mass is 266 g/mol. The molecule has 0 aromatic heterocycles. The predicted octanol–water partition coefficient (Wildman–Crippen LogP) is 3.28. The smallest absolute Gasteiger partial charge is 0.192 e. The Morgan fingerprint density at radius 2 is 2.17 bits per heavy atom. The molecule has 2 aliphatic carbocycles. The number of thiol groups is 1. The Labute approximate surface area is 115 Å². The SMILES string of the molecule is C=C(/C=C\C)C(O)(S)C(=O)CC12CCC(CC1)C2. The number of fused-ring (bicyclic) bond motifs is 2. The average Bonchev–Trinajstić information content (AvgIpc) is 2.88. The zero-order chi connectivity index (χ0) is 13.4. The summed E-state index contributed by atoms with van der Waals surface area (Å²) in [5.41, 5.74) is 0.511. The van der Waals surface area contributed by atoms with Gasteiger partial charge in [-0.1, -0.05) is 18.7 Å². The standard InChI is InChI=1S/C15H22O2S/c1-3-4-11(2)15(17,18)13(16)10-14-7-5-12(9-14)6-8-14/h3-4,12,17-18H,2,5-10H2,1H3/b4-3-. The fourth-order valence-corrected chi connectivity index (χ4v) is 3.67. The fraction of sp³-hybridized carbons (Fsp3) is 0.667. The van der Waals surface area contributed by atoms with Gasteiger partial charge in [-0.25, -0.2) is 0 Å². The van der Waals surface area contributed by atoms with Crippen molar-refractivity contribution in [1.82, 2.24) is 0 Å². The number of ketones is 1. The Balaban J connectivity index is 2.05. The summed E-state index contributed by atoms with van der Waals surface area (Å²) in [6.45, 7) is 5.57. The molecule has 2 bridgehead atoms. The van der Waals surface area contributed by atoms with E-state index in [4.69, 9.17) is 0 Å². The molecule has 0 spiro atoms. The van der Waals surface area contributed by atoms with Crippen LogP contribution in [-0.2, 0) is 4.79 Å². The third kappa shape index (κ3) is 2.43. The highest BCUT2D eigenvalue weighted by Crippen LogP contribution is 2.56. The largest absolute Gasteiger partial charge is 0.369 e. The lowest BCUT2D eigenvalue weighted by Gasteiger charge is -2.30. The summed E-state index contributed by atoms with van der Waals surface area (Å²) in [5, 5.41) is 10.2. The first-order valence-electron chi connectivity index (χ1n) is 6.70. The third-order valence-corrected chi connectivity index (χ3v) is 5.16. The van der Waals surface area contributed by atoms with Crippen LogP contribution in [0.4, 0.5) is 0 Å². The van der Waals surface area contributed by atoms with Crippen molar-refractivity contribution in [2.24, 2.45) is 11.3 Å². The molecule has 2 saturated carbocycles. The summed E-state index contributed by atoms with van der Waals surface area (Å²) >= 11 is 4.13. The van der Waals surface area contributed by atoms with Crippen LogP contribution in [-0.4, -0.2) is 15.8 Å². The highest BCUT2D eigenvalue weighted by Gasteiger charge is 2.48. The minimum absolute atomic E-state index is 0.147. The van der Waals surface area contributed by atoms with Crippen molar-refractivity contribution in [3.63, 3.8) is 0 Å². The summed E-state index contributed by atoms with van der Waals surface area (Å²) in [5.74, 6) is 0.612. The van der Waals surface area contributed by atoms with E-state index in [0.29, 0.717) is 12.0 Å². The van der Waals surface area contributed by atoms with Gasteiger partial charge in [0, 0.05) is 6.42 Å². The van der Waals surface area contributed by atoms with E-state index in [-0.39, 0.29) is 11.2 Å². The minimum Gasteiger partial charge on any atom is -0.369 e. The molecule has 1 atom stereocenters. The molecular formula is C15H22O2S. The molecule has 1 N–H and O–H groups in total. The number of hydrogen-bond donors (Lipinski definition) is 2. The topological polar surface area (TPSA) is 37.3 Å². The summed E-state index contributed by atoms with van der Waals surface area (Å²) in [7, 11) is 0. The molecule has 100 valence electrons. The van der Waals surface area contributed by atoms with Crippen molar-refractivity contribution in [2.45, 2.75) is 50.4 Å². The van der Waals surface area contributed by atoms with Gasteiger partial charge in [0.1, 0.15) is 0 Å². The molecule has 18 heavy (non-hydrogen) atoms. The lowest BCUT2D eigenvalue weighted by atomic mass is 9.78. The maximum absolute atomic E-state index is 12.3. The fourth-order valence-electron chi connectivity index (χ4n) is 3.52. The summed E-state index contributed by atoms with van der Waals surface area (Å²) in [4.78, 5) is 10.6. The first-order valence-corrected chi connectivity index (χ1v) is 7.14. The van der Waals surface area contributed by atoms with E-state index < -0.39 is 4.93 Å². The van der Waals surface area contributed by atoms with Crippen LogP contribution in [0, 0.1) is 11.3 Å². The second-order valence-electron chi connectivity index (χ2n) is 5.94. The molecule has 0 aromatic rings. The van der Waals surface area contributed by atoms with E-state index in [1.807, 2.05) is 6.92 Å². The molecule has 2 fully saturated rings. The Bertz CT molecular complexity index is 387. The molecule has 0 aliphatic heterocycles. The lowest BCUT2D eigenvalue weighted by molar-refractivity contribution is -0.129. The molecule has 3 heteroatoms. The molecule has 2 rings (SSSR count). The van der Waals surface area contributed by atoms with Crippen molar-refractivity contribution < 1.29 is 9.90 Å². The van der Waals surface area contributed by atoms with Gasteiger partial charge >= 0.3 is 0 Å². The highest BCUT2D eigenvalue weighted by atomic mass is 32.1. The van der Waals surface area contributed by atoms with Gasteiger partial charge in [-0.05, 0) is 55.9 Å². The molecule has 1 unspecified atom stereocenters. The van der Waals surface area contributed by atoms with Gasteiger partial charge in [-0.15, -0.1) is 12.6 Å². The van der Waals surface area contributed by atoms with Gasteiger partial charge < -0.3 is 5.11 Å². The van der Waals surface area contributed by atoms with Crippen LogP contribution in [0.25, 0.3) is 0 Å². The number of carbonyl (C=O) groups is 1. The van der Waals surface area contributed by atoms with Crippen LogP contribution in [0.3, 0.4) is 0 Å². The van der Waals surface area contributed by atoms with Crippen LogP contribution in [0.15, 0.2) is 24.3 Å². The van der Waals surface area contributed by atoms with Gasteiger partial charge in [0.2, 0.25) is 0 Å². The van der Waals surface area contributed by atoms with Gasteiger partial charge in [-0.2, -0.15) is 0 Å². The van der Waals surface area contributed by atoms with E-state index in [1.54, 1.807) is 12.2 Å². The van der Waals surface area contributed by atoms with Crippen molar-refractivity contribution in [3.8, 4) is 0 Å². The molecule has 0 heterocycles. The Morgan fingerprint density at radius 1 is 1.56 bits per heavy atom. The lowest BCUT2D eigenvalue weighted by Crippen LogP contribution is -2.37. The molecule has 2 nitrogen and oxygen atoms in total. The minimum atomic E-state index is -1.71. The second-order valence-corrected chi connectivity index (χ2v) is 6.59. The maximum Gasteiger partial charge on any atom is 0.192 e. The van der Waals surface area contributed by atoms with E-state index in [0.717, 1.165) is 25.2 Å². The number of aliphatic hydroxyl groups is 1. The Kier molecular flexibility index (Phi) is 3.75. The molecular weight excluding hydrogens is 244 g/mol. The van der Waals surface area contributed by atoms with Crippen molar-refractivity contribution in [3.05, 3.63) is 24.3 Å². The van der Waals surface area contributed by atoms with Crippen LogP contribution in [0.1, 0.15) is 45.4 Å². The normalized spacial score (nSPS) is 33.8. The molecule has 2 aliphatic rings. The molecule has 0 aromatic carbocycles. The summed E-state index contributed by atoms with van der Waals surface area (Å²) in [6.07, 6.45) is 9.75. The van der Waals surface area contributed by atoms with E-state index in [1.165, 1.54) is 12.8 Å². The van der Waals surface area contributed by atoms with Crippen molar-refractivity contribution in [2.75, 3.05) is 0 Å². The molecule has 0 saturated heterocycles. The maximum atomic E-state index is 12.3. The predicted molar refractivity (Wildman–Crippen MR) is 76.5 cm³/mol. The second kappa shape index (κ2) is 4.86. The van der Waals surface area contributed by atoms with E-state index in [2.05, 4.69) is 19.2 Å². The van der Waals surface area contributed by atoms with Gasteiger partial charge in [0.25, 0.3) is 0 Å². The highest BCUT2D eigenvalue weighted by molar-refractivity contribution is 7.82. The number of rotatable bonds is 5.